The number of hydrogen-bond acceptors (Lipinski definition) is 3. The molecule has 0 saturated heterocycles. The fourth-order valence-corrected chi connectivity index (χ4v) is 2.17. The van der Waals surface area contributed by atoms with Gasteiger partial charge in [-0.3, -0.25) is 9.78 Å². The molecule has 21 heavy (non-hydrogen) atoms. The summed E-state index contributed by atoms with van der Waals surface area (Å²) in [6.45, 7) is 4.11. The zero-order valence-corrected chi connectivity index (χ0v) is 12.3. The van der Waals surface area contributed by atoms with Crippen molar-refractivity contribution in [2.24, 2.45) is 0 Å². The number of hydrogen-bond donors (Lipinski definition) is 1. The lowest BCUT2D eigenvalue weighted by Gasteiger charge is -2.21. The monoisotopic (exact) mass is 283 g/mol. The minimum atomic E-state index is 0.144. The van der Waals surface area contributed by atoms with Crippen LogP contribution in [-0.4, -0.2) is 24.0 Å². The van der Waals surface area contributed by atoms with Crippen LogP contribution in [0.5, 0.6) is 0 Å². The molecule has 0 aliphatic heterocycles. The van der Waals surface area contributed by atoms with E-state index in [0.29, 0.717) is 19.5 Å². The molecule has 0 aliphatic rings. The maximum atomic E-state index is 12.3. The second-order valence-electron chi connectivity index (χ2n) is 4.76. The molecule has 0 spiro atoms. The molecule has 1 heterocycles. The molecule has 1 aromatic carbocycles. The van der Waals surface area contributed by atoms with E-state index < -0.39 is 0 Å². The van der Waals surface area contributed by atoms with Gasteiger partial charge in [-0.15, -0.1) is 0 Å². The molecule has 0 aliphatic carbocycles. The zero-order chi connectivity index (χ0) is 14.9. The summed E-state index contributed by atoms with van der Waals surface area (Å²) < 4.78 is 0. The minimum Gasteiger partial charge on any atom is -0.313 e. The molecule has 110 valence electrons. The molecule has 4 heteroatoms. The fraction of sp³-hybridized carbons (Fsp3) is 0.294. The van der Waals surface area contributed by atoms with Gasteiger partial charge in [0.1, 0.15) is 0 Å². The van der Waals surface area contributed by atoms with Crippen molar-refractivity contribution in [3.05, 3.63) is 60.4 Å². The molecule has 0 fully saturated rings. The summed E-state index contributed by atoms with van der Waals surface area (Å²) in [6, 6.07) is 13.7. The Balaban J connectivity index is 1.78. The summed E-state index contributed by atoms with van der Waals surface area (Å²) in [5, 5.41) is 3.29. The highest BCUT2D eigenvalue weighted by Crippen LogP contribution is 2.13. The molecular weight excluding hydrogens is 262 g/mol. The number of nitrogens with one attached hydrogen (secondary N) is 1. The van der Waals surface area contributed by atoms with Gasteiger partial charge in [0, 0.05) is 44.1 Å². The van der Waals surface area contributed by atoms with Crippen LogP contribution in [0.1, 0.15) is 18.9 Å². The highest BCUT2D eigenvalue weighted by molar-refractivity contribution is 5.93. The third-order valence-corrected chi connectivity index (χ3v) is 3.28. The van der Waals surface area contributed by atoms with E-state index in [0.717, 1.165) is 12.2 Å². The Morgan fingerprint density at radius 2 is 1.86 bits per heavy atom. The van der Waals surface area contributed by atoms with Crippen molar-refractivity contribution in [2.45, 2.75) is 19.9 Å². The van der Waals surface area contributed by atoms with Gasteiger partial charge in [0.25, 0.3) is 0 Å². The van der Waals surface area contributed by atoms with Crippen LogP contribution < -0.4 is 10.2 Å². The minimum absolute atomic E-state index is 0.144. The number of carbonyl (C=O) groups is 1. The fourth-order valence-electron chi connectivity index (χ4n) is 2.17. The van der Waals surface area contributed by atoms with E-state index in [2.05, 4.69) is 10.3 Å². The number of carbonyl (C=O) groups excluding carboxylic acids is 1. The number of rotatable bonds is 7. The van der Waals surface area contributed by atoms with Crippen LogP contribution in [0.25, 0.3) is 0 Å². The van der Waals surface area contributed by atoms with Gasteiger partial charge in [-0.2, -0.15) is 0 Å². The van der Waals surface area contributed by atoms with Crippen LogP contribution in [0.2, 0.25) is 0 Å². The van der Waals surface area contributed by atoms with E-state index in [-0.39, 0.29) is 5.91 Å². The molecular formula is C17H21N3O. The van der Waals surface area contributed by atoms with E-state index in [9.17, 15) is 4.79 Å². The largest absolute Gasteiger partial charge is 0.313 e. The number of para-hydroxylation sites is 1. The molecule has 0 saturated carbocycles. The molecule has 0 radical (unpaired) electrons. The smallest absolute Gasteiger partial charge is 0.228 e. The number of anilines is 1. The topological polar surface area (TPSA) is 45.2 Å². The van der Waals surface area contributed by atoms with Crippen LogP contribution in [0.3, 0.4) is 0 Å². The third kappa shape index (κ3) is 4.68. The number of pyridine rings is 1. The van der Waals surface area contributed by atoms with E-state index in [1.807, 2.05) is 54.3 Å². The molecule has 0 unspecified atom stereocenters. The van der Waals surface area contributed by atoms with Crippen molar-refractivity contribution < 1.29 is 4.79 Å². The Labute approximate surface area is 125 Å². The first-order valence-corrected chi connectivity index (χ1v) is 7.26. The molecule has 1 aromatic heterocycles. The Hall–Kier alpha value is -2.20. The van der Waals surface area contributed by atoms with Gasteiger partial charge in [-0.05, 0) is 36.8 Å². The van der Waals surface area contributed by atoms with Crippen LogP contribution >= 0.6 is 0 Å². The van der Waals surface area contributed by atoms with Gasteiger partial charge in [0.15, 0.2) is 0 Å². The first-order chi connectivity index (χ1) is 10.3. The van der Waals surface area contributed by atoms with Gasteiger partial charge in [-0.25, -0.2) is 0 Å². The SMILES string of the molecule is CCN(C(=O)CCNCc1ccncc1)c1ccccc1. The molecule has 2 aromatic rings. The molecule has 1 N–H and O–H groups in total. The number of nitrogens with zero attached hydrogens (tertiary/aromatic N) is 2. The summed E-state index contributed by atoms with van der Waals surface area (Å²) in [6.07, 6.45) is 4.04. The second-order valence-corrected chi connectivity index (χ2v) is 4.76. The number of aromatic nitrogens is 1. The molecule has 1 amide bonds. The lowest BCUT2D eigenvalue weighted by molar-refractivity contribution is -0.118. The van der Waals surface area contributed by atoms with E-state index in [4.69, 9.17) is 0 Å². The Kier molecular flexibility index (Phi) is 5.91. The van der Waals surface area contributed by atoms with Crippen molar-refractivity contribution in [2.75, 3.05) is 18.0 Å². The lowest BCUT2D eigenvalue weighted by Crippen LogP contribution is -2.32. The summed E-state index contributed by atoms with van der Waals surface area (Å²) in [5.41, 5.74) is 2.13. The van der Waals surface area contributed by atoms with E-state index in [1.165, 1.54) is 5.56 Å². The summed E-state index contributed by atoms with van der Waals surface area (Å²) in [5.74, 6) is 0.144. The van der Waals surface area contributed by atoms with E-state index >= 15 is 0 Å². The quantitative estimate of drug-likeness (QED) is 0.794. The van der Waals surface area contributed by atoms with Crippen molar-refractivity contribution in [3.63, 3.8) is 0 Å². The van der Waals surface area contributed by atoms with Crippen LogP contribution in [0.4, 0.5) is 5.69 Å². The van der Waals surface area contributed by atoms with Gasteiger partial charge < -0.3 is 10.2 Å². The standard InChI is InChI=1S/C17H21N3O/c1-2-20(16-6-4-3-5-7-16)17(21)10-13-19-14-15-8-11-18-12-9-15/h3-9,11-12,19H,2,10,13-14H2,1H3. The first kappa shape index (κ1) is 15.2. The van der Waals surface area contributed by atoms with Crippen molar-refractivity contribution in [1.82, 2.24) is 10.3 Å². The van der Waals surface area contributed by atoms with Gasteiger partial charge in [0.2, 0.25) is 5.91 Å². The maximum Gasteiger partial charge on any atom is 0.228 e. The van der Waals surface area contributed by atoms with Crippen molar-refractivity contribution >= 4 is 11.6 Å². The van der Waals surface area contributed by atoms with Crippen molar-refractivity contribution in [1.29, 1.82) is 0 Å². The zero-order valence-electron chi connectivity index (χ0n) is 12.3. The van der Waals surface area contributed by atoms with E-state index in [1.54, 1.807) is 12.4 Å². The Morgan fingerprint density at radius 3 is 2.52 bits per heavy atom. The predicted molar refractivity (Wildman–Crippen MR) is 85.0 cm³/mol. The highest BCUT2D eigenvalue weighted by Gasteiger charge is 2.12. The van der Waals surface area contributed by atoms with Gasteiger partial charge in [-0.1, -0.05) is 18.2 Å². The Bertz CT molecular complexity index is 542. The average molecular weight is 283 g/mol. The highest BCUT2D eigenvalue weighted by atomic mass is 16.2. The molecule has 0 atom stereocenters. The van der Waals surface area contributed by atoms with Crippen LogP contribution in [0.15, 0.2) is 54.9 Å². The average Bonchev–Trinajstić information content (AvgIpc) is 2.54. The molecule has 4 nitrogen and oxygen atoms in total. The first-order valence-electron chi connectivity index (χ1n) is 7.26. The second kappa shape index (κ2) is 8.17. The van der Waals surface area contributed by atoms with Crippen molar-refractivity contribution in [3.8, 4) is 0 Å². The third-order valence-electron chi connectivity index (χ3n) is 3.28. The lowest BCUT2D eigenvalue weighted by atomic mass is 10.2. The predicted octanol–water partition coefficient (Wildman–Crippen LogP) is 2.61. The van der Waals surface area contributed by atoms with Gasteiger partial charge in [0.05, 0.1) is 0 Å². The summed E-state index contributed by atoms with van der Waals surface area (Å²) in [4.78, 5) is 18.1. The summed E-state index contributed by atoms with van der Waals surface area (Å²) in [7, 11) is 0. The van der Waals surface area contributed by atoms with Crippen LogP contribution in [0, 0.1) is 0 Å². The molecule has 2 rings (SSSR count). The summed E-state index contributed by atoms with van der Waals surface area (Å²) >= 11 is 0. The Morgan fingerprint density at radius 1 is 1.14 bits per heavy atom. The normalized spacial score (nSPS) is 10.3. The van der Waals surface area contributed by atoms with Crippen LogP contribution in [-0.2, 0) is 11.3 Å². The van der Waals surface area contributed by atoms with Gasteiger partial charge >= 0.3 is 0 Å². The molecule has 0 bridgehead atoms. The number of benzene rings is 1. The maximum absolute atomic E-state index is 12.3. The number of amides is 1.